The number of urea groups is 1. The summed E-state index contributed by atoms with van der Waals surface area (Å²) in [6.07, 6.45) is 1.64. The molecule has 0 saturated carbocycles. The number of para-hydroxylation sites is 1. The van der Waals surface area contributed by atoms with Gasteiger partial charge in [0.05, 0.1) is 29.5 Å². The fraction of sp³-hybridized carbons (Fsp3) is 0.185. The summed E-state index contributed by atoms with van der Waals surface area (Å²) in [5.74, 6) is 0.238. The lowest BCUT2D eigenvalue weighted by atomic mass is 10.1. The van der Waals surface area contributed by atoms with Crippen LogP contribution in [0.1, 0.15) is 17.0 Å². The monoisotopic (exact) mass is 537 g/mol. The van der Waals surface area contributed by atoms with E-state index in [4.69, 9.17) is 27.9 Å². The molecule has 0 spiro atoms. The van der Waals surface area contributed by atoms with E-state index in [9.17, 15) is 9.59 Å². The Morgan fingerprint density at radius 1 is 1.00 bits per heavy atom. The van der Waals surface area contributed by atoms with Crippen LogP contribution >= 0.6 is 23.2 Å². The zero-order chi connectivity index (χ0) is 26.4. The van der Waals surface area contributed by atoms with Gasteiger partial charge >= 0.3 is 6.03 Å². The number of hydrogen-bond donors (Lipinski definition) is 2. The predicted octanol–water partition coefficient (Wildman–Crippen LogP) is 5.29. The first-order valence-electron chi connectivity index (χ1n) is 11.5. The van der Waals surface area contributed by atoms with Crippen molar-refractivity contribution in [1.82, 2.24) is 20.6 Å². The maximum Gasteiger partial charge on any atom is 0.315 e. The molecule has 0 saturated heterocycles. The van der Waals surface area contributed by atoms with Gasteiger partial charge < -0.3 is 20.3 Å². The molecule has 0 fully saturated rings. The molecule has 0 atom stereocenters. The van der Waals surface area contributed by atoms with E-state index in [1.54, 1.807) is 37.5 Å². The Morgan fingerprint density at radius 3 is 2.62 bits per heavy atom. The molecule has 2 aromatic heterocycles. The van der Waals surface area contributed by atoms with Gasteiger partial charge in [-0.2, -0.15) is 0 Å². The van der Waals surface area contributed by atoms with Crippen molar-refractivity contribution in [2.75, 3.05) is 18.5 Å². The first-order chi connectivity index (χ1) is 17.8. The molecule has 0 bridgehead atoms. The fourth-order valence-electron chi connectivity index (χ4n) is 3.61. The number of carbonyl (C=O) groups is 2. The zero-order valence-electron chi connectivity index (χ0n) is 20.3. The maximum absolute atomic E-state index is 12.8. The van der Waals surface area contributed by atoms with Gasteiger partial charge in [-0.15, -0.1) is 0 Å². The van der Waals surface area contributed by atoms with Crippen LogP contribution in [0.2, 0.25) is 10.0 Å². The number of anilines is 1. The summed E-state index contributed by atoms with van der Waals surface area (Å²) in [5, 5.41) is 6.86. The lowest BCUT2D eigenvalue weighted by Gasteiger charge is -2.21. The smallest absolute Gasteiger partial charge is 0.315 e. The highest BCUT2D eigenvalue weighted by molar-refractivity contribution is 6.38. The van der Waals surface area contributed by atoms with Crippen molar-refractivity contribution in [3.8, 4) is 5.75 Å². The topological polar surface area (TPSA) is 96.5 Å². The maximum atomic E-state index is 12.8. The van der Waals surface area contributed by atoms with Crippen molar-refractivity contribution in [2.45, 2.75) is 20.1 Å². The number of ether oxygens (including phenoxy) is 1. The quantitative estimate of drug-likeness (QED) is 0.318. The largest absolute Gasteiger partial charge is 0.487 e. The summed E-state index contributed by atoms with van der Waals surface area (Å²) < 4.78 is 6.05. The van der Waals surface area contributed by atoms with Gasteiger partial charge in [0.15, 0.2) is 0 Å². The van der Waals surface area contributed by atoms with Gasteiger partial charge in [-0.1, -0.05) is 47.5 Å². The van der Waals surface area contributed by atoms with Gasteiger partial charge in [-0.25, -0.2) is 9.78 Å². The third kappa shape index (κ3) is 6.47. The Morgan fingerprint density at radius 2 is 1.84 bits per heavy atom. The molecule has 37 heavy (non-hydrogen) atoms. The molecule has 2 N–H and O–H groups in total. The molecule has 0 aliphatic rings. The predicted molar refractivity (Wildman–Crippen MR) is 145 cm³/mol. The highest BCUT2D eigenvalue weighted by atomic mass is 35.5. The lowest BCUT2D eigenvalue weighted by Crippen LogP contribution is -2.42. The molecule has 10 heteroatoms. The summed E-state index contributed by atoms with van der Waals surface area (Å²) in [6, 6.07) is 17.8. The Balaban J connectivity index is 1.40. The molecule has 4 aromatic rings. The number of likely N-dealkylation sites (N-methyl/N-ethyl adjacent to an activating group) is 1. The van der Waals surface area contributed by atoms with E-state index in [0.717, 1.165) is 16.6 Å². The molecule has 0 radical (unpaired) electrons. The van der Waals surface area contributed by atoms with E-state index in [1.165, 1.54) is 4.90 Å². The van der Waals surface area contributed by atoms with Crippen molar-refractivity contribution in [3.05, 3.63) is 93.9 Å². The minimum atomic E-state index is -0.484. The number of nitrogens with one attached hydrogen (secondary N) is 2. The molecule has 4 rings (SSSR count). The van der Waals surface area contributed by atoms with Crippen LogP contribution in [0.25, 0.3) is 10.9 Å². The second-order valence-electron chi connectivity index (χ2n) is 8.24. The summed E-state index contributed by atoms with van der Waals surface area (Å²) in [6.45, 7) is 2.01. The van der Waals surface area contributed by atoms with E-state index in [0.29, 0.717) is 27.7 Å². The molecule has 2 aromatic carbocycles. The Labute approximate surface area is 224 Å². The number of benzene rings is 2. The number of pyridine rings is 2. The summed E-state index contributed by atoms with van der Waals surface area (Å²) in [4.78, 5) is 34.9. The van der Waals surface area contributed by atoms with E-state index in [1.807, 2.05) is 43.3 Å². The molecule has 2 heterocycles. The molecular formula is C27H25Cl2N5O3. The standard InChI is InChI=1S/C27H25Cl2N5O3/c1-17-9-10-18-6-5-8-23(26(18)33-17)37-16-20-21(28)11-12-22(25(20)29)34(2)24(35)15-32-27(36)31-14-19-7-3-4-13-30-19/h3-13H,14-16H2,1-2H3,(H2,31,32,36). The molecule has 0 unspecified atom stereocenters. The second-order valence-corrected chi connectivity index (χ2v) is 9.02. The van der Waals surface area contributed by atoms with Crippen LogP contribution in [0.4, 0.5) is 10.5 Å². The van der Waals surface area contributed by atoms with Gasteiger partial charge in [0.1, 0.15) is 17.9 Å². The van der Waals surface area contributed by atoms with Crippen molar-refractivity contribution in [2.24, 2.45) is 0 Å². The highest BCUT2D eigenvalue weighted by Crippen LogP contribution is 2.35. The summed E-state index contributed by atoms with van der Waals surface area (Å²) in [7, 11) is 1.58. The van der Waals surface area contributed by atoms with Crippen molar-refractivity contribution < 1.29 is 14.3 Å². The third-order valence-electron chi connectivity index (χ3n) is 5.65. The van der Waals surface area contributed by atoms with Gasteiger partial charge in [0.25, 0.3) is 0 Å². The van der Waals surface area contributed by atoms with Crippen LogP contribution in [0.3, 0.4) is 0 Å². The molecule has 0 aliphatic carbocycles. The number of rotatable bonds is 8. The molecule has 0 aliphatic heterocycles. The van der Waals surface area contributed by atoms with Crippen LogP contribution in [-0.2, 0) is 17.9 Å². The number of nitrogens with zero attached hydrogens (tertiary/aromatic N) is 3. The van der Waals surface area contributed by atoms with Crippen molar-refractivity contribution in [1.29, 1.82) is 0 Å². The molecular weight excluding hydrogens is 513 g/mol. The first kappa shape index (κ1) is 26.2. The normalized spacial score (nSPS) is 10.7. The van der Waals surface area contributed by atoms with Gasteiger partial charge in [0.2, 0.25) is 5.91 Å². The van der Waals surface area contributed by atoms with Crippen LogP contribution < -0.4 is 20.3 Å². The van der Waals surface area contributed by atoms with Gasteiger partial charge in [-0.05, 0) is 43.3 Å². The zero-order valence-corrected chi connectivity index (χ0v) is 21.8. The first-order valence-corrected chi connectivity index (χ1v) is 12.2. The Bertz CT molecular complexity index is 1430. The number of amides is 3. The Hall–Kier alpha value is -3.88. The molecule has 8 nitrogen and oxygen atoms in total. The third-order valence-corrected chi connectivity index (χ3v) is 6.43. The summed E-state index contributed by atoms with van der Waals surface area (Å²) in [5.41, 5.74) is 3.30. The SMILES string of the molecule is Cc1ccc2cccc(OCc3c(Cl)ccc(N(C)C(=O)CNC(=O)NCc4ccccn4)c3Cl)c2n1. The number of aryl methyl sites for hydroxylation is 1. The lowest BCUT2D eigenvalue weighted by molar-refractivity contribution is -0.117. The van der Waals surface area contributed by atoms with E-state index in [-0.39, 0.29) is 30.6 Å². The van der Waals surface area contributed by atoms with Crippen LogP contribution in [0.5, 0.6) is 5.75 Å². The number of carbonyl (C=O) groups excluding carboxylic acids is 2. The summed E-state index contributed by atoms with van der Waals surface area (Å²) >= 11 is 13.1. The molecule has 3 amide bonds. The van der Waals surface area contributed by atoms with E-state index < -0.39 is 6.03 Å². The van der Waals surface area contributed by atoms with Gasteiger partial charge in [0, 0.05) is 34.9 Å². The van der Waals surface area contributed by atoms with Gasteiger partial charge in [-0.3, -0.25) is 9.78 Å². The van der Waals surface area contributed by atoms with Crippen LogP contribution in [0.15, 0.2) is 66.9 Å². The minimum absolute atomic E-state index is 0.0798. The average molecular weight is 538 g/mol. The number of aromatic nitrogens is 2. The van der Waals surface area contributed by atoms with Crippen molar-refractivity contribution in [3.63, 3.8) is 0 Å². The number of hydrogen-bond acceptors (Lipinski definition) is 5. The van der Waals surface area contributed by atoms with E-state index in [2.05, 4.69) is 20.6 Å². The number of halogens is 2. The van der Waals surface area contributed by atoms with Crippen LogP contribution in [-0.4, -0.2) is 35.5 Å². The number of fused-ring (bicyclic) bond motifs is 1. The highest BCUT2D eigenvalue weighted by Gasteiger charge is 2.19. The van der Waals surface area contributed by atoms with E-state index >= 15 is 0 Å². The minimum Gasteiger partial charge on any atom is -0.487 e. The van der Waals surface area contributed by atoms with Crippen molar-refractivity contribution >= 4 is 51.7 Å². The average Bonchev–Trinajstić information content (AvgIpc) is 2.90. The fourth-order valence-corrected chi connectivity index (χ4v) is 4.21. The Kier molecular flexibility index (Phi) is 8.43. The second kappa shape index (κ2) is 11.9. The molecule has 190 valence electrons. The van der Waals surface area contributed by atoms with Crippen LogP contribution in [0, 0.1) is 6.92 Å².